The van der Waals surface area contributed by atoms with Crippen LogP contribution in [0.4, 0.5) is 4.39 Å². The molecular formula is C15H10ClFOS. The summed E-state index contributed by atoms with van der Waals surface area (Å²) in [7, 11) is 0. The van der Waals surface area contributed by atoms with Crippen LogP contribution in [0.5, 0.6) is 0 Å². The van der Waals surface area contributed by atoms with Crippen molar-refractivity contribution in [3.63, 3.8) is 0 Å². The molecule has 0 aliphatic carbocycles. The molecule has 2 aromatic carbocycles. The summed E-state index contributed by atoms with van der Waals surface area (Å²) in [6.45, 7) is 0. The van der Waals surface area contributed by atoms with Crippen LogP contribution in [-0.4, -0.2) is 6.26 Å². The molecule has 4 heteroatoms. The Morgan fingerprint density at radius 2 is 1.84 bits per heavy atom. The predicted molar refractivity (Wildman–Crippen MR) is 78.4 cm³/mol. The highest BCUT2D eigenvalue weighted by molar-refractivity contribution is 7.98. The Labute approximate surface area is 119 Å². The van der Waals surface area contributed by atoms with Gasteiger partial charge in [0.05, 0.1) is 0 Å². The summed E-state index contributed by atoms with van der Waals surface area (Å²) >= 11 is 7.41. The lowest BCUT2D eigenvalue weighted by atomic mass is 10.0. The topological polar surface area (TPSA) is 13.1 Å². The van der Waals surface area contributed by atoms with Crippen LogP contribution < -0.4 is 0 Å². The van der Waals surface area contributed by atoms with Crippen LogP contribution in [0.3, 0.4) is 0 Å². The van der Waals surface area contributed by atoms with Gasteiger partial charge in [-0.05, 0) is 42.2 Å². The van der Waals surface area contributed by atoms with Crippen molar-refractivity contribution in [3.8, 4) is 11.1 Å². The Morgan fingerprint density at radius 3 is 2.53 bits per heavy atom. The first-order chi connectivity index (χ1) is 9.19. The second-order valence-corrected chi connectivity index (χ2v) is 5.33. The maximum absolute atomic E-state index is 13.4. The molecule has 19 heavy (non-hydrogen) atoms. The van der Waals surface area contributed by atoms with Gasteiger partial charge in [0.15, 0.2) is 5.09 Å². The van der Waals surface area contributed by atoms with Crippen LogP contribution in [0, 0.1) is 5.82 Å². The van der Waals surface area contributed by atoms with Crippen LogP contribution in [0.15, 0.2) is 52.0 Å². The highest BCUT2D eigenvalue weighted by atomic mass is 35.5. The number of halogens is 2. The minimum Gasteiger partial charge on any atom is -0.449 e. The molecule has 0 radical (unpaired) electrons. The van der Waals surface area contributed by atoms with E-state index >= 15 is 0 Å². The van der Waals surface area contributed by atoms with Gasteiger partial charge in [0.2, 0.25) is 0 Å². The maximum atomic E-state index is 13.4. The molecule has 0 N–H and O–H groups in total. The van der Waals surface area contributed by atoms with Crippen molar-refractivity contribution in [2.75, 3.05) is 6.26 Å². The Morgan fingerprint density at radius 1 is 1.11 bits per heavy atom. The number of fused-ring (bicyclic) bond motifs is 1. The first-order valence-electron chi connectivity index (χ1n) is 5.71. The minimum absolute atomic E-state index is 0.267. The van der Waals surface area contributed by atoms with E-state index in [-0.39, 0.29) is 5.82 Å². The summed E-state index contributed by atoms with van der Waals surface area (Å²) in [6.07, 6.45) is 1.94. The molecule has 0 aliphatic rings. The maximum Gasteiger partial charge on any atom is 0.169 e. The van der Waals surface area contributed by atoms with Crippen LogP contribution >= 0.6 is 23.4 Å². The van der Waals surface area contributed by atoms with Crippen LogP contribution in [0.25, 0.3) is 22.1 Å². The lowest BCUT2D eigenvalue weighted by Gasteiger charge is -2.01. The van der Waals surface area contributed by atoms with Gasteiger partial charge in [-0.1, -0.05) is 35.5 Å². The molecular weight excluding hydrogens is 283 g/mol. The Hall–Kier alpha value is -1.45. The fourth-order valence-electron chi connectivity index (χ4n) is 2.08. The van der Waals surface area contributed by atoms with Gasteiger partial charge in [-0.15, -0.1) is 0 Å². The van der Waals surface area contributed by atoms with E-state index < -0.39 is 0 Å². The molecule has 3 aromatic rings. The van der Waals surface area contributed by atoms with E-state index in [0.29, 0.717) is 10.6 Å². The summed E-state index contributed by atoms with van der Waals surface area (Å²) in [5, 5.41) is 2.24. The first kappa shape index (κ1) is 12.6. The van der Waals surface area contributed by atoms with E-state index in [1.807, 2.05) is 30.5 Å². The fraction of sp³-hybridized carbons (Fsp3) is 0.0667. The molecule has 0 aliphatic heterocycles. The molecule has 0 spiro atoms. The lowest BCUT2D eigenvalue weighted by Crippen LogP contribution is -1.79. The Kier molecular flexibility index (Phi) is 3.25. The van der Waals surface area contributed by atoms with E-state index in [2.05, 4.69) is 0 Å². The van der Waals surface area contributed by atoms with Gasteiger partial charge in [0.1, 0.15) is 11.4 Å². The molecule has 0 atom stereocenters. The molecule has 1 nitrogen and oxygen atoms in total. The van der Waals surface area contributed by atoms with Crippen molar-refractivity contribution >= 4 is 34.3 Å². The van der Waals surface area contributed by atoms with Gasteiger partial charge in [0, 0.05) is 16.0 Å². The molecule has 0 unspecified atom stereocenters. The molecule has 96 valence electrons. The summed E-state index contributed by atoms with van der Waals surface area (Å²) in [5.74, 6) is -0.267. The smallest absolute Gasteiger partial charge is 0.169 e. The van der Waals surface area contributed by atoms with Crippen molar-refractivity contribution in [1.29, 1.82) is 0 Å². The number of benzene rings is 2. The second-order valence-electron chi connectivity index (χ2n) is 4.12. The minimum atomic E-state index is -0.267. The average molecular weight is 293 g/mol. The third-order valence-electron chi connectivity index (χ3n) is 2.94. The van der Waals surface area contributed by atoms with E-state index in [9.17, 15) is 4.39 Å². The van der Waals surface area contributed by atoms with E-state index in [4.69, 9.17) is 16.0 Å². The zero-order valence-electron chi connectivity index (χ0n) is 10.1. The average Bonchev–Trinajstić information content (AvgIpc) is 2.77. The van der Waals surface area contributed by atoms with E-state index in [0.717, 1.165) is 21.6 Å². The zero-order chi connectivity index (χ0) is 13.4. The molecule has 0 saturated heterocycles. The fourth-order valence-corrected chi connectivity index (χ4v) is 2.81. The SMILES string of the molecule is CSc1oc2ccc(F)cc2c1-c1ccc(Cl)cc1. The largest absolute Gasteiger partial charge is 0.449 e. The van der Waals surface area contributed by atoms with Crippen molar-refractivity contribution in [2.24, 2.45) is 0 Å². The van der Waals surface area contributed by atoms with Gasteiger partial charge in [0.25, 0.3) is 0 Å². The Bertz CT molecular complexity index is 734. The highest BCUT2D eigenvalue weighted by Crippen LogP contribution is 2.39. The number of thioether (sulfide) groups is 1. The lowest BCUT2D eigenvalue weighted by molar-refractivity contribution is 0.517. The summed E-state index contributed by atoms with van der Waals surface area (Å²) < 4.78 is 19.2. The van der Waals surface area contributed by atoms with Crippen LogP contribution in [0.1, 0.15) is 0 Å². The summed E-state index contributed by atoms with van der Waals surface area (Å²) in [4.78, 5) is 0. The molecule has 1 heterocycles. The molecule has 0 bridgehead atoms. The first-order valence-corrected chi connectivity index (χ1v) is 7.31. The van der Waals surface area contributed by atoms with Gasteiger partial charge in [-0.3, -0.25) is 0 Å². The quantitative estimate of drug-likeness (QED) is 0.569. The summed E-state index contributed by atoms with van der Waals surface area (Å²) in [6, 6.07) is 12.0. The van der Waals surface area contributed by atoms with Crippen LogP contribution in [-0.2, 0) is 0 Å². The van der Waals surface area contributed by atoms with E-state index in [1.165, 1.54) is 23.9 Å². The number of furan rings is 1. The highest BCUT2D eigenvalue weighted by Gasteiger charge is 2.15. The zero-order valence-corrected chi connectivity index (χ0v) is 11.7. The molecule has 3 rings (SSSR count). The second kappa shape index (κ2) is 4.91. The van der Waals surface area contributed by atoms with Gasteiger partial charge in [-0.25, -0.2) is 4.39 Å². The number of hydrogen-bond acceptors (Lipinski definition) is 2. The molecule has 0 fully saturated rings. The number of rotatable bonds is 2. The van der Waals surface area contributed by atoms with Gasteiger partial charge in [-0.2, -0.15) is 0 Å². The van der Waals surface area contributed by atoms with Gasteiger partial charge < -0.3 is 4.42 Å². The van der Waals surface area contributed by atoms with E-state index in [1.54, 1.807) is 6.07 Å². The summed E-state index contributed by atoms with van der Waals surface area (Å²) in [5.41, 5.74) is 2.58. The normalized spacial score (nSPS) is 11.1. The molecule has 0 saturated carbocycles. The van der Waals surface area contributed by atoms with Crippen molar-refractivity contribution < 1.29 is 8.81 Å². The van der Waals surface area contributed by atoms with Crippen molar-refractivity contribution in [2.45, 2.75) is 5.09 Å². The van der Waals surface area contributed by atoms with Crippen molar-refractivity contribution in [1.82, 2.24) is 0 Å². The standard InChI is InChI=1S/C15H10ClFOS/c1-19-15-14(9-2-4-10(16)5-3-9)12-8-11(17)6-7-13(12)18-15/h2-8H,1H3. The van der Waals surface area contributed by atoms with Gasteiger partial charge >= 0.3 is 0 Å². The molecule has 1 aromatic heterocycles. The third kappa shape index (κ3) is 2.24. The number of hydrogen-bond donors (Lipinski definition) is 0. The van der Waals surface area contributed by atoms with Crippen molar-refractivity contribution in [3.05, 3.63) is 53.3 Å². The third-order valence-corrected chi connectivity index (χ3v) is 3.85. The molecule has 0 amide bonds. The Balaban J connectivity index is 2.31. The monoisotopic (exact) mass is 292 g/mol. The predicted octanol–water partition coefficient (Wildman–Crippen LogP) is 5.61. The van der Waals surface area contributed by atoms with Crippen LogP contribution in [0.2, 0.25) is 5.02 Å².